The quantitative estimate of drug-likeness (QED) is 0.250. The highest BCUT2D eigenvalue weighted by molar-refractivity contribution is 6.47. The second kappa shape index (κ2) is 9.03. The van der Waals surface area contributed by atoms with Crippen LogP contribution in [0.2, 0.25) is 0 Å². The van der Waals surface area contributed by atoms with Crippen molar-refractivity contribution < 1.29 is 18.8 Å². The molecule has 0 aliphatic carbocycles. The minimum atomic E-state index is -0.773. The summed E-state index contributed by atoms with van der Waals surface area (Å²) in [7, 11) is 0. The largest absolute Gasteiger partial charge is 0.360 e. The van der Waals surface area contributed by atoms with Crippen LogP contribution in [0.15, 0.2) is 60.9 Å². The van der Waals surface area contributed by atoms with Crippen LogP contribution >= 0.6 is 0 Å². The number of nitrogens with one attached hydrogen (secondary N) is 4. The summed E-state index contributed by atoms with van der Waals surface area (Å²) in [5, 5.41) is 12.7. The lowest BCUT2D eigenvalue weighted by Crippen LogP contribution is -2.44. The van der Waals surface area contributed by atoms with Crippen molar-refractivity contribution in [1.29, 1.82) is 0 Å². The van der Waals surface area contributed by atoms with Crippen LogP contribution in [-0.4, -0.2) is 51.8 Å². The summed E-state index contributed by atoms with van der Waals surface area (Å²) in [5.41, 5.74) is 2.21. The molecule has 5 rings (SSSR count). The van der Waals surface area contributed by atoms with Gasteiger partial charge in [0.05, 0.1) is 22.8 Å². The fourth-order valence-corrected chi connectivity index (χ4v) is 4.49. The number of halogens is 1. The maximum Gasteiger partial charge on any atom is 0.251 e. The molecule has 1 aliphatic rings. The Hall–Kier alpha value is -4.11. The number of rotatable bonds is 7. The van der Waals surface area contributed by atoms with Gasteiger partial charge in [0.25, 0.3) is 5.91 Å². The maximum atomic E-state index is 14.8. The maximum absolute atomic E-state index is 14.8. The van der Waals surface area contributed by atoms with Gasteiger partial charge in [-0.3, -0.25) is 19.5 Å². The van der Waals surface area contributed by atoms with Gasteiger partial charge in [-0.2, -0.15) is 5.10 Å². The molecule has 4 aromatic rings. The number of carbonyl (C=O) groups excluding carboxylic acids is 3. The standard InChI is InChI=1S/C25H22FN5O3/c26-18-7-6-16(19-9-11-30-31-19)22-20(18)17(13-28-22)23(32)24(33)21-15(8-10-27-21)12-29-25(34)14-4-2-1-3-5-14/h1-7,9,11,13,15,21,27-28H,8,10,12H2,(H,29,34)(H,30,31). The average Bonchev–Trinajstić information content (AvgIpc) is 3.63. The number of amides is 1. The van der Waals surface area contributed by atoms with E-state index in [2.05, 4.69) is 25.8 Å². The topological polar surface area (TPSA) is 120 Å². The first kappa shape index (κ1) is 21.7. The van der Waals surface area contributed by atoms with Gasteiger partial charge in [-0.25, -0.2) is 4.39 Å². The van der Waals surface area contributed by atoms with E-state index in [0.717, 1.165) is 0 Å². The first-order chi connectivity index (χ1) is 16.5. The number of fused-ring (bicyclic) bond motifs is 1. The molecule has 8 nitrogen and oxygen atoms in total. The van der Waals surface area contributed by atoms with Crippen LogP contribution in [0.1, 0.15) is 27.1 Å². The van der Waals surface area contributed by atoms with Gasteiger partial charge in [0.15, 0.2) is 0 Å². The van der Waals surface area contributed by atoms with Crippen molar-refractivity contribution in [1.82, 2.24) is 25.8 Å². The summed E-state index contributed by atoms with van der Waals surface area (Å²) in [4.78, 5) is 41.7. The van der Waals surface area contributed by atoms with Gasteiger partial charge in [-0.15, -0.1) is 0 Å². The van der Waals surface area contributed by atoms with Gasteiger partial charge in [-0.1, -0.05) is 18.2 Å². The molecule has 1 saturated heterocycles. The Bertz CT molecular complexity index is 1360. The zero-order valence-corrected chi connectivity index (χ0v) is 18.1. The lowest BCUT2D eigenvalue weighted by atomic mass is 9.92. The fraction of sp³-hybridized carbons (Fsp3) is 0.200. The van der Waals surface area contributed by atoms with Crippen LogP contribution in [0.5, 0.6) is 0 Å². The lowest BCUT2D eigenvalue weighted by Gasteiger charge is -2.18. The molecule has 2 atom stereocenters. The van der Waals surface area contributed by atoms with Crippen molar-refractivity contribution in [2.24, 2.45) is 5.92 Å². The summed E-state index contributed by atoms with van der Waals surface area (Å²) in [6.45, 7) is 0.790. The first-order valence-corrected chi connectivity index (χ1v) is 11.0. The van der Waals surface area contributed by atoms with Crippen molar-refractivity contribution >= 4 is 28.4 Å². The van der Waals surface area contributed by atoms with E-state index >= 15 is 0 Å². The van der Waals surface area contributed by atoms with Gasteiger partial charge in [-0.05, 0) is 43.3 Å². The van der Waals surface area contributed by atoms with Gasteiger partial charge in [0.2, 0.25) is 11.6 Å². The zero-order valence-electron chi connectivity index (χ0n) is 18.1. The van der Waals surface area contributed by atoms with Gasteiger partial charge in [0, 0.05) is 41.4 Å². The number of aromatic amines is 2. The Balaban J connectivity index is 1.36. The monoisotopic (exact) mass is 459 g/mol. The molecule has 0 bridgehead atoms. The Morgan fingerprint density at radius 1 is 1.09 bits per heavy atom. The summed E-state index contributed by atoms with van der Waals surface area (Å²) >= 11 is 0. The molecule has 3 heterocycles. The Kier molecular flexibility index (Phi) is 5.77. The van der Waals surface area contributed by atoms with Crippen molar-refractivity contribution in [3.63, 3.8) is 0 Å². The smallest absolute Gasteiger partial charge is 0.251 e. The van der Waals surface area contributed by atoms with E-state index in [1.54, 1.807) is 42.6 Å². The molecule has 1 amide bonds. The second-order valence-electron chi connectivity index (χ2n) is 8.27. The molecule has 2 aromatic heterocycles. The number of Topliss-reactive ketones (excluding diaryl/α,β-unsaturated/α-hetero) is 2. The Morgan fingerprint density at radius 2 is 1.91 bits per heavy atom. The van der Waals surface area contributed by atoms with Crippen molar-refractivity contribution in [3.05, 3.63) is 77.9 Å². The minimum Gasteiger partial charge on any atom is -0.360 e. The third-order valence-corrected chi connectivity index (χ3v) is 6.24. The van der Waals surface area contributed by atoms with Crippen molar-refractivity contribution in [2.75, 3.05) is 13.1 Å². The van der Waals surface area contributed by atoms with Crippen LogP contribution in [0, 0.1) is 11.7 Å². The number of nitrogens with zero attached hydrogens (tertiary/aromatic N) is 1. The van der Waals surface area contributed by atoms with Crippen LogP contribution in [0.25, 0.3) is 22.2 Å². The van der Waals surface area contributed by atoms with Crippen LogP contribution in [0.4, 0.5) is 4.39 Å². The fourth-order valence-electron chi connectivity index (χ4n) is 4.49. The van der Waals surface area contributed by atoms with E-state index < -0.39 is 23.4 Å². The third kappa shape index (κ3) is 3.90. The van der Waals surface area contributed by atoms with Crippen LogP contribution in [0.3, 0.4) is 0 Å². The van der Waals surface area contributed by atoms with Gasteiger partial charge in [0.1, 0.15) is 5.82 Å². The highest BCUT2D eigenvalue weighted by Gasteiger charge is 2.37. The second-order valence-corrected chi connectivity index (χ2v) is 8.27. The number of aromatic nitrogens is 3. The molecular weight excluding hydrogens is 437 g/mol. The van der Waals surface area contributed by atoms with Crippen LogP contribution < -0.4 is 10.6 Å². The van der Waals surface area contributed by atoms with E-state index in [0.29, 0.717) is 35.3 Å². The summed E-state index contributed by atoms with van der Waals surface area (Å²) in [6, 6.07) is 12.6. The van der Waals surface area contributed by atoms with E-state index in [1.165, 1.54) is 12.3 Å². The zero-order chi connectivity index (χ0) is 23.7. The Labute approximate surface area is 193 Å². The lowest BCUT2D eigenvalue weighted by molar-refractivity contribution is -0.117. The number of ketones is 2. The molecule has 1 fully saturated rings. The number of benzene rings is 2. The number of H-pyrrole nitrogens is 2. The van der Waals surface area contributed by atoms with Gasteiger partial charge >= 0.3 is 0 Å². The van der Waals surface area contributed by atoms with E-state index in [-0.39, 0.29) is 29.3 Å². The molecule has 34 heavy (non-hydrogen) atoms. The van der Waals surface area contributed by atoms with E-state index in [4.69, 9.17) is 0 Å². The highest BCUT2D eigenvalue weighted by Crippen LogP contribution is 2.31. The SMILES string of the molecule is O=C(NCC1CCNC1C(=O)C(=O)c1c[nH]c2c(-c3ccn[nH]3)ccc(F)c12)c1ccccc1. The molecule has 172 valence electrons. The molecule has 4 N–H and O–H groups in total. The molecule has 1 aliphatic heterocycles. The third-order valence-electron chi connectivity index (χ3n) is 6.24. The number of hydrogen-bond acceptors (Lipinski definition) is 5. The molecular formula is C25H22FN5O3. The van der Waals surface area contributed by atoms with E-state index in [9.17, 15) is 18.8 Å². The number of hydrogen-bond donors (Lipinski definition) is 4. The van der Waals surface area contributed by atoms with E-state index in [1.807, 2.05) is 6.07 Å². The predicted octanol–water partition coefficient (Wildman–Crippen LogP) is 2.86. The van der Waals surface area contributed by atoms with Crippen molar-refractivity contribution in [3.8, 4) is 11.3 Å². The molecule has 9 heteroatoms. The van der Waals surface area contributed by atoms with Crippen molar-refractivity contribution in [2.45, 2.75) is 12.5 Å². The molecule has 0 spiro atoms. The first-order valence-electron chi connectivity index (χ1n) is 11.0. The predicted molar refractivity (Wildman–Crippen MR) is 124 cm³/mol. The highest BCUT2D eigenvalue weighted by atomic mass is 19.1. The molecule has 0 saturated carbocycles. The average molecular weight is 459 g/mol. The summed E-state index contributed by atoms with van der Waals surface area (Å²) in [6.07, 6.45) is 3.57. The number of carbonyl (C=O) groups is 3. The Morgan fingerprint density at radius 3 is 2.68 bits per heavy atom. The van der Waals surface area contributed by atoms with Gasteiger partial charge < -0.3 is 15.6 Å². The molecule has 2 aromatic carbocycles. The summed E-state index contributed by atoms with van der Waals surface area (Å²) in [5.74, 6) is -2.51. The minimum absolute atomic E-state index is 0.0142. The summed E-state index contributed by atoms with van der Waals surface area (Å²) < 4.78 is 14.8. The molecule has 0 radical (unpaired) electrons. The van der Waals surface area contributed by atoms with Crippen LogP contribution in [-0.2, 0) is 4.79 Å². The molecule has 2 unspecified atom stereocenters. The normalized spacial score (nSPS) is 17.7.